The molecule has 1 aliphatic heterocycles. The van der Waals surface area contributed by atoms with E-state index in [1.165, 1.54) is 11.1 Å². The van der Waals surface area contributed by atoms with Gasteiger partial charge in [0.2, 0.25) is 0 Å². The largest absolute Gasteiger partial charge is 0.370 e. The summed E-state index contributed by atoms with van der Waals surface area (Å²) < 4.78 is 7.75. The molecule has 2 heterocycles. The van der Waals surface area contributed by atoms with Crippen LogP contribution in [0.25, 0.3) is 0 Å². The van der Waals surface area contributed by atoms with E-state index in [1.54, 1.807) is 18.1 Å². The molecule has 1 aromatic carbocycles. The van der Waals surface area contributed by atoms with Gasteiger partial charge in [0.25, 0.3) is 0 Å². The molecule has 25 heavy (non-hydrogen) atoms. The first-order valence-electron chi connectivity index (χ1n) is 8.14. The van der Waals surface area contributed by atoms with E-state index in [1.807, 2.05) is 7.05 Å². The molecule has 1 N–H and O–H groups in total. The van der Waals surface area contributed by atoms with Gasteiger partial charge < -0.3 is 15.0 Å². The van der Waals surface area contributed by atoms with Gasteiger partial charge in [0.05, 0.1) is 19.7 Å². The predicted molar refractivity (Wildman–Crippen MR) is 108 cm³/mol. The molecule has 0 spiro atoms. The van der Waals surface area contributed by atoms with Gasteiger partial charge in [-0.25, -0.2) is 4.98 Å². The zero-order valence-electron chi connectivity index (χ0n) is 14.8. The van der Waals surface area contributed by atoms with E-state index >= 15 is 0 Å². The third-order valence-electron chi connectivity index (χ3n) is 4.32. The third-order valence-corrected chi connectivity index (χ3v) is 4.32. The molecule has 136 valence electrons. The summed E-state index contributed by atoms with van der Waals surface area (Å²) in [6.07, 6.45) is 1.62. The Morgan fingerprint density at radius 3 is 2.88 bits per heavy atom. The van der Waals surface area contributed by atoms with Gasteiger partial charge in [-0.3, -0.25) is 9.67 Å². The van der Waals surface area contributed by atoms with Gasteiger partial charge in [0.15, 0.2) is 5.96 Å². The van der Waals surface area contributed by atoms with Crippen LogP contribution < -0.4 is 5.32 Å². The number of rotatable bonds is 3. The number of nitrogens with zero attached hydrogens (tertiary/aromatic N) is 5. The first kappa shape index (κ1) is 19.6. The second-order valence-corrected chi connectivity index (χ2v) is 5.86. The minimum absolute atomic E-state index is 0. The summed E-state index contributed by atoms with van der Waals surface area (Å²) in [5.74, 6) is 1.74. The Morgan fingerprint density at radius 2 is 2.20 bits per heavy atom. The van der Waals surface area contributed by atoms with E-state index < -0.39 is 0 Å². The molecule has 0 bridgehead atoms. The minimum Gasteiger partial charge on any atom is -0.370 e. The summed E-state index contributed by atoms with van der Waals surface area (Å²) in [6, 6.07) is 8.38. The minimum atomic E-state index is 0. The fourth-order valence-electron chi connectivity index (χ4n) is 2.95. The van der Waals surface area contributed by atoms with Crippen molar-refractivity contribution in [2.45, 2.75) is 19.6 Å². The Bertz CT molecular complexity index is 717. The molecule has 8 heteroatoms. The van der Waals surface area contributed by atoms with Crippen molar-refractivity contribution in [3.63, 3.8) is 0 Å². The van der Waals surface area contributed by atoms with Crippen molar-refractivity contribution in [3.8, 4) is 0 Å². The van der Waals surface area contributed by atoms with E-state index in [2.05, 4.69) is 56.5 Å². The van der Waals surface area contributed by atoms with Crippen LogP contribution in [-0.4, -0.2) is 52.4 Å². The van der Waals surface area contributed by atoms with E-state index in [-0.39, 0.29) is 30.1 Å². The standard InChI is InChI=1S/C17H24N6O.HI/c1-13-6-4-5-7-14(13)15-11-23(8-9-24-15)17(18-2)19-10-16-20-12-21-22(16)3;/h4-7,12,15H,8-11H2,1-3H3,(H,18,19);1H. The van der Waals surface area contributed by atoms with Crippen LogP contribution in [0.1, 0.15) is 23.1 Å². The number of halogens is 1. The SMILES string of the molecule is CN=C(NCc1ncnn1C)N1CCOC(c2ccccc2C)C1.I. The average Bonchev–Trinajstić information content (AvgIpc) is 3.01. The molecule has 0 amide bonds. The zero-order chi connectivity index (χ0) is 16.9. The lowest BCUT2D eigenvalue weighted by Crippen LogP contribution is -2.48. The lowest BCUT2D eigenvalue weighted by atomic mass is 10.0. The lowest BCUT2D eigenvalue weighted by Gasteiger charge is -2.35. The number of aliphatic imine (C=N–C) groups is 1. The monoisotopic (exact) mass is 456 g/mol. The summed E-state index contributed by atoms with van der Waals surface area (Å²) in [4.78, 5) is 10.9. The maximum atomic E-state index is 5.99. The molecule has 1 saturated heterocycles. The summed E-state index contributed by atoms with van der Waals surface area (Å²) in [6.45, 7) is 5.00. The van der Waals surface area contributed by atoms with E-state index in [0.717, 1.165) is 24.9 Å². The Morgan fingerprint density at radius 1 is 1.40 bits per heavy atom. The molecule has 0 radical (unpaired) electrons. The first-order chi connectivity index (χ1) is 11.7. The Hall–Kier alpha value is -1.68. The summed E-state index contributed by atoms with van der Waals surface area (Å²) in [7, 11) is 3.69. The number of ether oxygens (including phenoxy) is 1. The van der Waals surface area contributed by atoms with Crippen molar-refractivity contribution in [3.05, 3.63) is 47.5 Å². The van der Waals surface area contributed by atoms with Gasteiger partial charge in [-0.2, -0.15) is 5.10 Å². The maximum absolute atomic E-state index is 5.99. The van der Waals surface area contributed by atoms with Crippen LogP contribution in [0.5, 0.6) is 0 Å². The van der Waals surface area contributed by atoms with Gasteiger partial charge in [-0.15, -0.1) is 24.0 Å². The normalized spacial score (nSPS) is 18.0. The Labute approximate surface area is 165 Å². The van der Waals surface area contributed by atoms with Crippen LogP contribution in [0, 0.1) is 6.92 Å². The summed E-state index contributed by atoms with van der Waals surface area (Å²) in [5.41, 5.74) is 2.50. The predicted octanol–water partition coefficient (Wildman–Crippen LogP) is 1.89. The van der Waals surface area contributed by atoms with Gasteiger partial charge in [0.1, 0.15) is 18.3 Å². The average molecular weight is 456 g/mol. The van der Waals surface area contributed by atoms with Crippen molar-refractivity contribution >= 4 is 29.9 Å². The van der Waals surface area contributed by atoms with Gasteiger partial charge in [-0.1, -0.05) is 24.3 Å². The maximum Gasteiger partial charge on any atom is 0.194 e. The summed E-state index contributed by atoms with van der Waals surface area (Å²) in [5, 5.41) is 7.45. The Balaban J connectivity index is 0.00000225. The number of aryl methyl sites for hydroxylation is 2. The second-order valence-electron chi connectivity index (χ2n) is 5.86. The molecule has 0 aliphatic carbocycles. The van der Waals surface area contributed by atoms with Crippen LogP contribution in [0.3, 0.4) is 0 Å². The number of guanidine groups is 1. The number of aromatic nitrogens is 3. The molecule has 0 saturated carbocycles. The third kappa shape index (κ3) is 4.69. The quantitative estimate of drug-likeness (QED) is 0.434. The number of hydrogen-bond donors (Lipinski definition) is 1. The molecule has 7 nitrogen and oxygen atoms in total. The van der Waals surface area contributed by atoms with Crippen LogP contribution in [0.2, 0.25) is 0 Å². The smallest absolute Gasteiger partial charge is 0.194 e. The van der Waals surface area contributed by atoms with Crippen LogP contribution in [0.15, 0.2) is 35.6 Å². The van der Waals surface area contributed by atoms with Crippen LogP contribution in [0.4, 0.5) is 0 Å². The van der Waals surface area contributed by atoms with Gasteiger partial charge >= 0.3 is 0 Å². The molecule has 2 aromatic rings. The van der Waals surface area contributed by atoms with E-state index in [0.29, 0.717) is 13.2 Å². The van der Waals surface area contributed by atoms with Crippen LogP contribution in [-0.2, 0) is 18.3 Å². The van der Waals surface area contributed by atoms with Crippen molar-refractivity contribution in [2.24, 2.45) is 12.0 Å². The molecule has 1 fully saturated rings. The lowest BCUT2D eigenvalue weighted by molar-refractivity contribution is -0.00835. The molecular formula is C17H25IN6O. The number of morpholine rings is 1. The number of hydrogen-bond acceptors (Lipinski definition) is 4. The molecule has 1 aliphatic rings. The van der Waals surface area contributed by atoms with Crippen LogP contribution >= 0.6 is 24.0 Å². The molecular weight excluding hydrogens is 431 g/mol. The van der Waals surface area contributed by atoms with Gasteiger partial charge in [0, 0.05) is 20.6 Å². The zero-order valence-corrected chi connectivity index (χ0v) is 17.2. The molecule has 3 rings (SSSR count). The first-order valence-corrected chi connectivity index (χ1v) is 8.14. The van der Waals surface area contributed by atoms with Crippen molar-refractivity contribution < 1.29 is 4.74 Å². The number of nitrogens with one attached hydrogen (secondary N) is 1. The number of benzene rings is 1. The van der Waals surface area contributed by atoms with E-state index in [4.69, 9.17) is 4.74 Å². The molecule has 1 aromatic heterocycles. The highest BCUT2D eigenvalue weighted by atomic mass is 127. The fraction of sp³-hybridized carbons (Fsp3) is 0.471. The molecule has 1 unspecified atom stereocenters. The van der Waals surface area contributed by atoms with Gasteiger partial charge in [-0.05, 0) is 18.1 Å². The summed E-state index contributed by atoms with van der Waals surface area (Å²) >= 11 is 0. The topological polar surface area (TPSA) is 67.6 Å². The Kier molecular flexibility index (Phi) is 7.18. The highest BCUT2D eigenvalue weighted by Gasteiger charge is 2.25. The van der Waals surface area contributed by atoms with Crippen molar-refractivity contribution in [1.29, 1.82) is 0 Å². The fourth-order valence-corrected chi connectivity index (χ4v) is 2.95. The van der Waals surface area contributed by atoms with Crippen molar-refractivity contribution in [2.75, 3.05) is 26.7 Å². The highest BCUT2D eigenvalue weighted by molar-refractivity contribution is 14.0. The highest BCUT2D eigenvalue weighted by Crippen LogP contribution is 2.24. The molecule has 1 atom stereocenters. The second kappa shape index (κ2) is 9.14. The van der Waals surface area contributed by atoms with E-state index in [9.17, 15) is 0 Å². The van der Waals surface area contributed by atoms with Crippen molar-refractivity contribution in [1.82, 2.24) is 25.0 Å².